The number of pyridine rings is 1. The zero-order valence-electron chi connectivity index (χ0n) is 14.1. The number of aromatic nitrogens is 1. The molecule has 1 N–H and O–H groups in total. The number of fused-ring (bicyclic) bond motifs is 1. The summed E-state index contributed by atoms with van der Waals surface area (Å²) in [5, 5.41) is 1.54. The van der Waals surface area contributed by atoms with Gasteiger partial charge in [0.25, 0.3) is 5.56 Å². The van der Waals surface area contributed by atoms with Gasteiger partial charge in [-0.05, 0) is 23.8 Å². The molecule has 1 aromatic heterocycles. The number of aromatic amines is 1. The van der Waals surface area contributed by atoms with Gasteiger partial charge in [0.05, 0.1) is 0 Å². The van der Waals surface area contributed by atoms with Gasteiger partial charge < -0.3 is 14.8 Å². The summed E-state index contributed by atoms with van der Waals surface area (Å²) >= 11 is 6.24. The Morgan fingerprint density at radius 2 is 1.73 bits per heavy atom. The molecule has 0 aliphatic carbocycles. The molecular weight excluding hydrogens is 350 g/mol. The highest BCUT2D eigenvalue weighted by Crippen LogP contribution is 2.35. The van der Waals surface area contributed by atoms with Crippen LogP contribution >= 0.6 is 11.6 Å². The zero-order chi connectivity index (χ0) is 18.1. The maximum Gasteiger partial charge on any atom is 0.272 e. The molecule has 3 aromatic rings. The fourth-order valence-corrected chi connectivity index (χ4v) is 3.68. The third-order valence-electron chi connectivity index (χ3n) is 4.79. The van der Waals surface area contributed by atoms with Crippen LogP contribution < -0.4 is 10.5 Å². The van der Waals surface area contributed by atoms with Crippen LogP contribution in [-0.2, 0) is 4.79 Å². The molecule has 6 heteroatoms. The van der Waals surface area contributed by atoms with E-state index in [1.165, 1.54) is 0 Å². The van der Waals surface area contributed by atoms with Crippen molar-refractivity contribution in [2.45, 2.75) is 0 Å². The number of anilines is 1. The highest BCUT2D eigenvalue weighted by Gasteiger charge is 2.23. The Kier molecular flexibility index (Phi) is 4.39. The van der Waals surface area contributed by atoms with Gasteiger partial charge in [-0.2, -0.15) is 0 Å². The molecule has 1 amide bonds. The number of amides is 1. The molecule has 1 aliphatic rings. The van der Waals surface area contributed by atoms with Crippen molar-refractivity contribution in [3.63, 3.8) is 0 Å². The molecule has 0 radical (unpaired) electrons. The van der Waals surface area contributed by atoms with E-state index in [2.05, 4.69) is 9.88 Å². The van der Waals surface area contributed by atoms with Gasteiger partial charge in [-0.15, -0.1) is 0 Å². The van der Waals surface area contributed by atoms with E-state index in [0.29, 0.717) is 36.9 Å². The van der Waals surface area contributed by atoms with Crippen molar-refractivity contribution in [2.75, 3.05) is 31.1 Å². The average Bonchev–Trinajstić information content (AvgIpc) is 2.68. The molecule has 4 rings (SSSR count). The van der Waals surface area contributed by atoms with E-state index >= 15 is 0 Å². The first kappa shape index (κ1) is 16.7. The van der Waals surface area contributed by atoms with Gasteiger partial charge in [-0.1, -0.05) is 41.9 Å². The van der Waals surface area contributed by atoms with E-state index in [4.69, 9.17) is 11.6 Å². The lowest BCUT2D eigenvalue weighted by atomic mass is 9.98. The van der Waals surface area contributed by atoms with Gasteiger partial charge in [0.15, 0.2) is 0 Å². The minimum Gasteiger partial charge on any atom is -0.363 e. The van der Waals surface area contributed by atoms with Crippen LogP contribution in [-0.4, -0.2) is 42.5 Å². The van der Waals surface area contributed by atoms with Gasteiger partial charge in [-0.3, -0.25) is 9.59 Å². The van der Waals surface area contributed by atoms with Gasteiger partial charge in [0.2, 0.25) is 6.41 Å². The number of hydrogen-bond donors (Lipinski definition) is 1. The monoisotopic (exact) mass is 367 g/mol. The number of carbonyl (C=O) groups is 1. The molecule has 2 aromatic carbocycles. The first-order valence-corrected chi connectivity index (χ1v) is 8.90. The summed E-state index contributed by atoms with van der Waals surface area (Å²) in [6.07, 6.45) is 0.861. The summed E-state index contributed by atoms with van der Waals surface area (Å²) in [6, 6.07) is 15.4. The van der Waals surface area contributed by atoms with Crippen LogP contribution in [0.25, 0.3) is 22.0 Å². The topological polar surface area (TPSA) is 56.4 Å². The number of H-pyrrole nitrogens is 1. The van der Waals surface area contributed by atoms with Crippen molar-refractivity contribution in [2.24, 2.45) is 0 Å². The van der Waals surface area contributed by atoms with Gasteiger partial charge in [0, 0.05) is 47.7 Å². The second-order valence-electron chi connectivity index (χ2n) is 6.36. The predicted octanol–water partition coefficient (Wildman–Crippen LogP) is 3.13. The maximum absolute atomic E-state index is 12.9. The van der Waals surface area contributed by atoms with E-state index in [-0.39, 0.29) is 5.56 Å². The van der Waals surface area contributed by atoms with Crippen LogP contribution in [0.15, 0.2) is 53.3 Å². The number of piperazine rings is 1. The summed E-state index contributed by atoms with van der Waals surface area (Å²) in [4.78, 5) is 30.7. The smallest absolute Gasteiger partial charge is 0.272 e. The zero-order valence-corrected chi connectivity index (χ0v) is 14.9. The first-order chi connectivity index (χ1) is 12.7. The number of nitrogens with zero attached hydrogens (tertiary/aromatic N) is 2. The van der Waals surface area contributed by atoms with Crippen molar-refractivity contribution < 1.29 is 4.79 Å². The summed E-state index contributed by atoms with van der Waals surface area (Å²) in [5.74, 6) is 0. The lowest BCUT2D eigenvalue weighted by Crippen LogP contribution is -2.47. The molecular formula is C20H18ClN3O2. The normalized spacial score (nSPS) is 14.7. The molecule has 132 valence electrons. The summed E-state index contributed by atoms with van der Waals surface area (Å²) in [5.41, 5.74) is 3.12. The first-order valence-electron chi connectivity index (χ1n) is 8.52. The fourth-order valence-electron chi connectivity index (χ4n) is 3.50. The fraction of sp³-hybridized carbons (Fsp3) is 0.200. The number of nitrogens with one attached hydrogen (secondary N) is 1. The van der Waals surface area contributed by atoms with E-state index in [9.17, 15) is 9.59 Å². The molecule has 0 unspecified atom stereocenters. The van der Waals surface area contributed by atoms with Crippen LogP contribution in [0.3, 0.4) is 0 Å². The highest BCUT2D eigenvalue weighted by molar-refractivity contribution is 6.31. The second kappa shape index (κ2) is 6.84. The lowest BCUT2D eigenvalue weighted by molar-refractivity contribution is -0.118. The maximum atomic E-state index is 12.9. The molecule has 5 nitrogen and oxygen atoms in total. The van der Waals surface area contributed by atoms with Crippen molar-refractivity contribution in [1.82, 2.24) is 9.88 Å². The Morgan fingerprint density at radius 1 is 1.00 bits per heavy atom. The van der Waals surface area contributed by atoms with Crippen LogP contribution in [0.5, 0.6) is 0 Å². The van der Waals surface area contributed by atoms with E-state index < -0.39 is 0 Å². The molecule has 2 heterocycles. The van der Waals surface area contributed by atoms with E-state index in [0.717, 1.165) is 28.4 Å². The van der Waals surface area contributed by atoms with Crippen LogP contribution in [0, 0.1) is 0 Å². The Balaban J connectivity index is 1.95. The minimum atomic E-state index is -0.127. The largest absolute Gasteiger partial charge is 0.363 e. The van der Waals surface area contributed by atoms with Gasteiger partial charge in [0.1, 0.15) is 5.69 Å². The molecule has 0 spiro atoms. The third kappa shape index (κ3) is 2.95. The SMILES string of the molecule is O=CN1CCN(c2c(-c3ccccc3)c3cc(Cl)ccc3[nH]c2=O)CC1. The van der Waals surface area contributed by atoms with Crippen molar-refractivity contribution in [3.8, 4) is 11.1 Å². The van der Waals surface area contributed by atoms with E-state index in [1.54, 1.807) is 11.0 Å². The molecule has 0 bridgehead atoms. The standard InChI is InChI=1S/C20H18ClN3O2/c21-15-6-7-17-16(12-15)18(14-4-2-1-3-5-14)19(20(26)22-17)24-10-8-23(13-25)9-11-24/h1-7,12-13H,8-11H2,(H,22,26). The molecule has 1 fully saturated rings. The van der Waals surface area contributed by atoms with Crippen LogP contribution in [0.1, 0.15) is 0 Å². The molecule has 0 saturated carbocycles. The Labute approximate surface area is 155 Å². The van der Waals surface area contributed by atoms with Crippen LogP contribution in [0.2, 0.25) is 5.02 Å². The van der Waals surface area contributed by atoms with Crippen molar-refractivity contribution in [3.05, 3.63) is 63.9 Å². The van der Waals surface area contributed by atoms with E-state index in [1.807, 2.05) is 42.5 Å². The van der Waals surface area contributed by atoms with Gasteiger partial charge in [-0.25, -0.2) is 0 Å². The Morgan fingerprint density at radius 3 is 2.42 bits per heavy atom. The average molecular weight is 368 g/mol. The minimum absolute atomic E-state index is 0.127. The number of benzene rings is 2. The Hall–Kier alpha value is -2.79. The lowest BCUT2D eigenvalue weighted by Gasteiger charge is -2.34. The predicted molar refractivity (Wildman–Crippen MR) is 105 cm³/mol. The second-order valence-corrected chi connectivity index (χ2v) is 6.80. The third-order valence-corrected chi connectivity index (χ3v) is 5.03. The summed E-state index contributed by atoms with van der Waals surface area (Å²) < 4.78 is 0. The number of rotatable bonds is 3. The molecule has 0 atom stereocenters. The van der Waals surface area contributed by atoms with Crippen molar-refractivity contribution in [1.29, 1.82) is 0 Å². The summed E-state index contributed by atoms with van der Waals surface area (Å²) in [6.45, 7) is 2.44. The molecule has 26 heavy (non-hydrogen) atoms. The molecule has 1 saturated heterocycles. The molecule has 1 aliphatic heterocycles. The summed E-state index contributed by atoms with van der Waals surface area (Å²) in [7, 11) is 0. The van der Waals surface area contributed by atoms with Gasteiger partial charge >= 0.3 is 0 Å². The van der Waals surface area contributed by atoms with Crippen molar-refractivity contribution >= 4 is 34.6 Å². The number of halogens is 1. The van der Waals surface area contributed by atoms with Crippen LogP contribution in [0.4, 0.5) is 5.69 Å². The number of hydrogen-bond acceptors (Lipinski definition) is 3. The Bertz CT molecular complexity index is 1010. The quantitative estimate of drug-likeness (QED) is 0.723. The highest BCUT2D eigenvalue weighted by atomic mass is 35.5. The number of carbonyl (C=O) groups excluding carboxylic acids is 1.